The maximum absolute atomic E-state index is 12.7. The number of hydrogen-bond acceptors (Lipinski definition) is 4. The number of amides is 1. The topological polar surface area (TPSA) is 64.8 Å². The average molecular weight is 583 g/mol. The normalized spacial score (nSPS) is 10.9. The number of aromatic nitrogens is 1. The number of benzene rings is 3. The third-order valence-electron chi connectivity index (χ3n) is 4.96. The number of halogens is 2. The van der Waals surface area contributed by atoms with Crippen molar-refractivity contribution in [3.63, 3.8) is 0 Å². The standard InChI is InChI=1S/C26H21Br2N3O3/c1-33-24-15-19(14-22(28)25(24)34-17-18-8-10-20(27)11-9-18)16-29-30-26(32)21-6-2-3-7-23(21)31-12-4-5-13-31/h2-16H,17H2,1H3,(H,30,32)/b29-16-. The van der Waals surface area contributed by atoms with Gasteiger partial charge in [0.05, 0.1) is 29.0 Å². The Bertz CT molecular complexity index is 1300. The fourth-order valence-electron chi connectivity index (χ4n) is 3.30. The minimum Gasteiger partial charge on any atom is -0.493 e. The maximum Gasteiger partial charge on any atom is 0.273 e. The Morgan fingerprint density at radius 1 is 1.03 bits per heavy atom. The number of carbonyl (C=O) groups is 1. The minimum absolute atomic E-state index is 0.305. The van der Waals surface area contributed by atoms with Crippen LogP contribution < -0.4 is 14.9 Å². The first-order valence-corrected chi connectivity index (χ1v) is 11.9. The van der Waals surface area contributed by atoms with Crippen molar-refractivity contribution in [2.45, 2.75) is 6.61 Å². The average Bonchev–Trinajstić information content (AvgIpc) is 3.39. The zero-order valence-electron chi connectivity index (χ0n) is 18.2. The summed E-state index contributed by atoms with van der Waals surface area (Å²) in [7, 11) is 1.58. The van der Waals surface area contributed by atoms with Crippen molar-refractivity contribution in [1.82, 2.24) is 9.99 Å². The SMILES string of the molecule is COc1cc(/C=N\NC(=O)c2ccccc2-n2cccc2)cc(Br)c1OCc1ccc(Br)cc1. The predicted octanol–water partition coefficient (Wildman–Crippen LogP) is 6.35. The van der Waals surface area contributed by atoms with Crippen LogP contribution in [0.25, 0.3) is 5.69 Å². The van der Waals surface area contributed by atoms with Crippen molar-refractivity contribution < 1.29 is 14.3 Å². The molecule has 0 unspecified atom stereocenters. The van der Waals surface area contributed by atoms with Crippen molar-refractivity contribution >= 4 is 44.0 Å². The van der Waals surface area contributed by atoms with Crippen LogP contribution in [-0.4, -0.2) is 23.8 Å². The number of carbonyl (C=O) groups excluding carboxylic acids is 1. The molecule has 3 aromatic carbocycles. The lowest BCUT2D eigenvalue weighted by atomic mass is 10.1. The Balaban J connectivity index is 1.46. The van der Waals surface area contributed by atoms with Gasteiger partial charge in [0.2, 0.25) is 0 Å². The Morgan fingerprint density at radius 3 is 2.50 bits per heavy atom. The highest BCUT2D eigenvalue weighted by Crippen LogP contribution is 2.37. The Hall–Kier alpha value is -3.36. The molecule has 1 amide bonds. The van der Waals surface area contributed by atoms with E-state index in [1.165, 1.54) is 0 Å². The summed E-state index contributed by atoms with van der Waals surface area (Å²) in [6, 6.07) is 22.7. The molecule has 0 saturated heterocycles. The first-order chi connectivity index (χ1) is 16.5. The number of methoxy groups -OCH3 is 1. The van der Waals surface area contributed by atoms with Gasteiger partial charge < -0.3 is 14.0 Å². The van der Waals surface area contributed by atoms with Crippen LogP contribution in [0.15, 0.2) is 99.2 Å². The molecule has 0 aliphatic rings. The largest absolute Gasteiger partial charge is 0.493 e. The van der Waals surface area contributed by atoms with Gasteiger partial charge in [0.25, 0.3) is 5.91 Å². The first-order valence-electron chi connectivity index (χ1n) is 10.4. The fraction of sp³-hybridized carbons (Fsp3) is 0.0769. The highest BCUT2D eigenvalue weighted by atomic mass is 79.9. The quantitative estimate of drug-likeness (QED) is 0.194. The molecule has 0 aliphatic heterocycles. The fourth-order valence-corrected chi connectivity index (χ4v) is 4.14. The summed E-state index contributed by atoms with van der Waals surface area (Å²) in [6.07, 6.45) is 5.33. The molecule has 8 heteroatoms. The van der Waals surface area contributed by atoms with Crippen LogP contribution in [-0.2, 0) is 6.61 Å². The van der Waals surface area contributed by atoms with Gasteiger partial charge >= 0.3 is 0 Å². The van der Waals surface area contributed by atoms with Crippen molar-refractivity contribution in [3.8, 4) is 17.2 Å². The van der Waals surface area contributed by atoms with Crippen LogP contribution in [0.1, 0.15) is 21.5 Å². The Kier molecular flexibility index (Phi) is 7.82. The van der Waals surface area contributed by atoms with Crippen molar-refractivity contribution in [1.29, 1.82) is 0 Å². The smallest absolute Gasteiger partial charge is 0.273 e. The monoisotopic (exact) mass is 581 g/mol. The van der Waals surface area contributed by atoms with Gasteiger partial charge in [0, 0.05) is 16.9 Å². The van der Waals surface area contributed by atoms with E-state index in [0.29, 0.717) is 23.7 Å². The molecule has 0 spiro atoms. The molecule has 0 fully saturated rings. The number of hydrogen-bond donors (Lipinski definition) is 1. The molecule has 0 bridgehead atoms. The van der Waals surface area contributed by atoms with Crippen molar-refractivity contribution in [2.75, 3.05) is 7.11 Å². The van der Waals surface area contributed by atoms with Crippen LogP contribution in [0, 0.1) is 0 Å². The highest BCUT2D eigenvalue weighted by Gasteiger charge is 2.13. The van der Waals surface area contributed by atoms with E-state index >= 15 is 0 Å². The van der Waals surface area contributed by atoms with E-state index in [4.69, 9.17) is 9.47 Å². The highest BCUT2D eigenvalue weighted by molar-refractivity contribution is 9.10. The molecular formula is C26H21Br2N3O3. The molecule has 4 aromatic rings. The lowest BCUT2D eigenvalue weighted by Crippen LogP contribution is -2.19. The molecule has 4 rings (SSSR count). The molecule has 1 heterocycles. The summed E-state index contributed by atoms with van der Waals surface area (Å²) in [4.78, 5) is 12.7. The number of ether oxygens (including phenoxy) is 2. The van der Waals surface area contributed by atoms with Crippen LogP contribution in [0.3, 0.4) is 0 Å². The summed E-state index contributed by atoms with van der Waals surface area (Å²) in [5, 5.41) is 4.13. The molecule has 172 valence electrons. The molecule has 0 saturated carbocycles. The van der Waals surface area contributed by atoms with Crippen molar-refractivity contribution in [3.05, 3.63) is 111 Å². The molecule has 0 atom stereocenters. The number of para-hydroxylation sites is 1. The van der Waals surface area contributed by atoms with Crippen molar-refractivity contribution in [2.24, 2.45) is 5.10 Å². The van der Waals surface area contributed by atoms with Crippen LogP contribution in [0.4, 0.5) is 0 Å². The Morgan fingerprint density at radius 2 is 1.76 bits per heavy atom. The first kappa shape index (κ1) is 23.8. The third kappa shape index (κ3) is 5.76. The molecule has 6 nitrogen and oxygen atoms in total. The molecule has 34 heavy (non-hydrogen) atoms. The zero-order valence-corrected chi connectivity index (χ0v) is 21.4. The van der Waals surface area contributed by atoms with E-state index < -0.39 is 0 Å². The second-order valence-corrected chi connectivity index (χ2v) is 9.03. The van der Waals surface area contributed by atoms with Crippen LogP contribution in [0.2, 0.25) is 0 Å². The zero-order chi connectivity index (χ0) is 23.9. The van der Waals surface area contributed by atoms with Gasteiger partial charge in [0.15, 0.2) is 11.5 Å². The predicted molar refractivity (Wildman–Crippen MR) is 140 cm³/mol. The van der Waals surface area contributed by atoms with Gasteiger partial charge in [-0.25, -0.2) is 5.43 Å². The second-order valence-electron chi connectivity index (χ2n) is 7.26. The summed E-state index contributed by atoms with van der Waals surface area (Å²) in [5.74, 6) is 0.838. The number of hydrazone groups is 1. The summed E-state index contributed by atoms with van der Waals surface area (Å²) < 4.78 is 15.1. The summed E-state index contributed by atoms with van der Waals surface area (Å²) in [6.45, 7) is 0.395. The van der Waals surface area contributed by atoms with Gasteiger partial charge in [-0.2, -0.15) is 5.10 Å². The van der Waals surface area contributed by atoms with Gasteiger partial charge in [0.1, 0.15) is 6.61 Å². The molecule has 1 N–H and O–H groups in total. The van der Waals surface area contributed by atoms with Crippen LogP contribution in [0.5, 0.6) is 11.5 Å². The van der Waals surface area contributed by atoms with Crippen LogP contribution >= 0.6 is 31.9 Å². The number of nitrogens with zero attached hydrogens (tertiary/aromatic N) is 2. The second kappa shape index (κ2) is 11.2. The number of rotatable bonds is 8. The maximum atomic E-state index is 12.7. The van der Waals surface area contributed by atoms with Gasteiger partial charge in [-0.1, -0.05) is 40.2 Å². The molecule has 1 aromatic heterocycles. The number of nitrogens with one attached hydrogen (secondary N) is 1. The molecule has 0 radical (unpaired) electrons. The lowest BCUT2D eigenvalue weighted by Gasteiger charge is -2.13. The Labute approximate surface area is 214 Å². The molecular weight excluding hydrogens is 562 g/mol. The van der Waals surface area contributed by atoms with E-state index in [9.17, 15) is 4.79 Å². The third-order valence-corrected chi connectivity index (χ3v) is 6.08. The molecule has 0 aliphatic carbocycles. The summed E-state index contributed by atoms with van der Waals surface area (Å²) in [5.41, 5.74) is 5.66. The van der Waals surface area contributed by atoms with Gasteiger partial charge in [-0.05, 0) is 75.6 Å². The van der Waals surface area contributed by atoms with E-state index in [2.05, 4.69) is 42.4 Å². The van der Waals surface area contributed by atoms with E-state index in [1.54, 1.807) is 25.5 Å². The van der Waals surface area contributed by atoms with E-state index in [1.807, 2.05) is 77.6 Å². The van der Waals surface area contributed by atoms with E-state index in [-0.39, 0.29) is 5.91 Å². The summed E-state index contributed by atoms with van der Waals surface area (Å²) >= 11 is 6.98. The van der Waals surface area contributed by atoms with Gasteiger partial charge in [-0.15, -0.1) is 0 Å². The van der Waals surface area contributed by atoms with E-state index in [0.717, 1.165) is 25.8 Å². The minimum atomic E-state index is -0.305. The lowest BCUT2D eigenvalue weighted by molar-refractivity contribution is 0.0955. The van der Waals surface area contributed by atoms with Gasteiger partial charge in [-0.3, -0.25) is 4.79 Å².